The highest BCUT2D eigenvalue weighted by Crippen LogP contribution is 2.18. The summed E-state index contributed by atoms with van der Waals surface area (Å²) in [5, 5.41) is 11.8. The van der Waals surface area contributed by atoms with Gasteiger partial charge in [0.15, 0.2) is 0 Å². The molecule has 0 saturated heterocycles. The summed E-state index contributed by atoms with van der Waals surface area (Å²) in [5.41, 5.74) is 1.05. The van der Waals surface area contributed by atoms with Crippen LogP contribution in [0.2, 0.25) is 0 Å². The van der Waals surface area contributed by atoms with Crippen molar-refractivity contribution in [1.82, 2.24) is 25.2 Å². The van der Waals surface area contributed by atoms with Gasteiger partial charge in [0.05, 0.1) is 12.2 Å². The molecule has 0 amide bonds. The van der Waals surface area contributed by atoms with Gasteiger partial charge in [-0.05, 0) is 33.1 Å². The predicted octanol–water partition coefficient (Wildman–Crippen LogP) is 1.21. The lowest BCUT2D eigenvalue weighted by Gasteiger charge is -2.23. The minimum atomic E-state index is 0.606. The SMILES string of the molecule is CSCC(C)N(C)CCn1cc(CNC2CC2)nn1. The van der Waals surface area contributed by atoms with Crippen molar-refractivity contribution in [1.29, 1.82) is 0 Å². The second-order valence-electron chi connectivity index (χ2n) is 5.41. The van der Waals surface area contributed by atoms with Crippen LogP contribution in [0.4, 0.5) is 0 Å². The molecule has 0 aromatic carbocycles. The average molecular weight is 283 g/mol. The van der Waals surface area contributed by atoms with Crippen molar-refractivity contribution in [2.45, 2.75) is 44.9 Å². The third-order valence-corrected chi connectivity index (χ3v) is 4.39. The molecule has 5 nitrogen and oxygen atoms in total. The van der Waals surface area contributed by atoms with Crippen molar-refractivity contribution in [3.8, 4) is 0 Å². The zero-order valence-corrected chi connectivity index (χ0v) is 13.0. The summed E-state index contributed by atoms with van der Waals surface area (Å²) in [6, 6.07) is 1.33. The molecule has 1 aromatic heterocycles. The Kier molecular flexibility index (Phi) is 5.66. The first-order valence-corrected chi connectivity index (χ1v) is 8.40. The molecule has 0 bridgehead atoms. The normalized spacial score (nSPS) is 17.1. The van der Waals surface area contributed by atoms with Crippen LogP contribution in [-0.4, -0.2) is 57.6 Å². The molecular weight excluding hydrogens is 258 g/mol. The zero-order chi connectivity index (χ0) is 13.7. The number of nitrogens with zero attached hydrogens (tertiary/aromatic N) is 4. The van der Waals surface area contributed by atoms with Crippen LogP contribution < -0.4 is 5.32 Å². The van der Waals surface area contributed by atoms with E-state index in [0.29, 0.717) is 6.04 Å². The van der Waals surface area contributed by atoms with Gasteiger partial charge in [-0.25, -0.2) is 0 Å². The standard InChI is InChI=1S/C13H25N5S/c1-11(10-19-3)17(2)6-7-18-9-13(15-16-18)8-14-12-4-5-12/h9,11-12,14H,4-8,10H2,1-3H3. The first-order chi connectivity index (χ1) is 9.19. The van der Waals surface area contributed by atoms with E-state index in [2.05, 4.69) is 47.0 Å². The molecule has 1 aliphatic rings. The first-order valence-electron chi connectivity index (χ1n) is 7.00. The molecule has 0 spiro atoms. The largest absolute Gasteiger partial charge is 0.308 e. The molecule has 1 atom stereocenters. The van der Waals surface area contributed by atoms with E-state index < -0.39 is 0 Å². The molecule has 1 fully saturated rings. The maximum atomic E-state index is 4.20. The Morgan fingerprint density at radius 2 is 2.37 bits per heavy atom. The van der Waals surface area contributed by atoms with Gasteiger partial charge in [-0.1, -0.05) is 5.21 Å². The van der Waals surface area contributed by atoms with Gasteiger partial charge < -0.3 is 10.2 Å². The molecule has 1 aliphatic carbocycles. The predicted molar refractivity (Wildman–Crippen MR) is 80.4 cm³/mol. The van der Waals surface area contributed by atoms with E-state index in [9.17, 15) is 0 Å². The van der Waals surface area contributed by atoms with E-state index in [1.165, 1.54) is 18.6 Å². The van der Waals surface area contributed by atoms with Gasteiger partial charge in [0.1, 0.15) is 0 Å². The number of hydrogen-bond donors (Lipinski definition) is 1. The van der Waals surface area contributed by atoms with E-state index in [4.69, 9.17) is 0 Å². The average Bonchev–Trinajstić information content (AvgIpc) is 3.12. The summed E-state index contributed by atoms with van der Waals surface area (Å²) in [6.45, 7) is 5.04. The first kappa shape index (κ1) is 14.8. The van der Waals surface area contributed by atoms with E-state index in [1.54, 1.807) is 0 Å². The molecule has 19 heavy (non-hydrogen) atoms. The fourth-order valence-electron chi connectivity index (χ4n) is 1.91. The van der Waals surface area contributed by atoms with Crippen LogP contribution in [0.15, 0.2) is 6.20 Å². The van der Waals surface area contributed by atoms with Crippen LogP contribution in [0.25, 0.3) is 0 Å². The molecule has 6 heteroatoms. The molecule has 1 unspecified atom stereocenters. The monoisotopic (exact) mass is 283 g/mol. The minimum absolute atomic E-state index is 0.606. The summed E-state index contributed by atoms with van der Waals surface area (Å²) in [5.74, 6) is 1.17. The second kappa shape index (κ2) is 7.26. The highest BCUT2D eigenvalue weighted by atomic mass is 32.2. The maximum absolute atomic E-state index is 4.20. The Balaban J connectivity index is 1.69. The number of thioether (sulfide) groups is 1. The Morgan fingerprint density at radius 1 is 1.58 bits per heavy atom. The Bertz CT molecular complexity index is 377. The number of hydrogen-bond acceptors (Lipinski definition) is 5. The maximum Gasteiger partial charge on any atom is 0.0964 e. The molecule has 0 radical (unpaired) electrons. The van der Waals surface area contributed by atoms with Gasteiger partial charge in [-0.15, -0.1) is 5.10 Å². The van der Waals surface area contributed by atoms with Crippen molar-refractivity contribution in [3.05, 3.63) is 11.9 Å². The summed E-state index contributed by atoms with van der Waals surface area (Å²) in [6.07, 6.45) is 6.84. The zero-order valence-electron chi connectivity index (χ0n) is 12.2. The van der Waals surface area contributed by atoms with Gasteiger partial charge in [0, 0.05) is 37.1 Å². The lowest BCUT2D eigenvalue weighted by atomic mass is 10.3. The van der Waals surface area contributed by atoms with Crippen LogP contribution in [0, 0.1) is 0 Å². The van der Waals surface area contributed by atoms with Gasteiger partial charge in [-0.2, -0.15) is 11.8 Å². The summed E-state index contributed by atoms with van der Waals surface area (Å²) < 4.78 is 1.95. The third-order valence-electron chi connectivity index (χ3n) is 3.58. The lowest BCUT2D eigenvalue weighted by molar-refractivity contribution is 0.261. The number of rotatable bonds is 9. The fraction of sp³-hybridized carbons (Fsp3) is 0.846. The van der Waals surface area contributed by atoms with Crippen molar-refractivity contribution < 1.29 is 0 Å². The van der Waals surface area contributed by atoms with E-state index in [-0.39, 0.29) is 0 Å². The number of aromatic nitrogens is 3. The van der Waals surface area contributed by atoms with E-state index in [0.717, 1.165) is 31.4 Å². The smallest absolute Gasteiger partial charge is 0.0964 e. The highest BCUT2D eigenvalue weighted by molar-refractivity contribution is 7.98. The molecule has 1 aromatic rings. The molecule has 1 N–H and O–H groups in total. The molecule has 2 rings (SSSR count). The van der Waals surface area contributed by atoms with Crippen molar-refractivity contribution in [2.24, 2.45) is 0 Å². The summed E-state index contributed by atoms with van der Waals surface area (Å²) >= 11 is 1.89. The molecule has 1 heterocycles. The second-order valence-corrected chi connectivity index (χ2v) is 6.32. The highest BCUT2D eigenvalue weighted by Gasteiger charge is 2.20. The van der Waals surface area contributed by atoms with Gasteiger partial charge in [0.25, 0.3) is 0 Å². The number of nitrogens with one attached hydrogen (secondary N) is 1. The molecule has 108 valence electrons. The topological polar surface area (TPSA) is 46.0 Å². The van der Waals surface area contributed by atoms with Crippen LogP contribution in [0.1, 0.15) is 25.5 Å². The fourth-order valence-corrected chi connectivity index (χ4v) is 2.65. The van der Waals surface area contributed by atoms with Crippen LogP contribution >= 0.6 is 11.8 Å². The summed E-state index contributed by atoms with van der Waals surface area (Å²) in [4.78, 5) is 2.38. The quantitative estimate of drug-likeness (QED) is 0.738. The third kappa shape index (κ3) is 5.12. The molecule has 1 saturated carbocycles. The van der Waals surface area contributed by atoms with Gasteiger partial charge in [0.2, 0.25) is 0 Å². The van der Waals surface area contributed by atoms with E-state index in [1.807, 2.05) is 16.4 Å². The lowest BCUT2D eigenvalue weighted by Crippen LogP contribution is -2.33. The molecule has 0 aliphatic heterocycles. The number of likely N-dealkylation sites (N-methyl/N-ethyl adjacent to an activating group) is 1. The Morgan fingerprint density at radius 3 is 3.05 bits per heavy atom. The van der Waals surface area contributed by atoms with Crippen LogP contribution in [0.3, 0.4) is 0 Å². The van der Waals surface area contributed by atoms with Gasteiger partial charge >= 0.3 is 0 Å². The van der Waals surface area contributed by atoms with Crippen LogP contribution in [-0.2, 0) is 13.1 Å². The van der Waals surface area contributed by atoms with Crippen molar-refractivity contribution >= 4 is 11.8 Å². The molecular formula is C13H25N5S. The van der Waals surface area contributed by atoms with Crippen molar-refractivity contribution in [3.63, 3.8) is 0 Å². The van der Waals surface area contributed by atoms with Crippen molar-refractivity contribution in [2.75, 3.05) is 25.6 Å². The Hall–Kier alpha value is -0.590. The van der Waals surface area contributed by atoms with Gasteiger partial charge in [-0.3, -0.25) is 4.68 Å². The minimum Gasteiger partial charge on any atom is -0.308 e. The summed E-state index contributed by atoms with van der Waals surface area (Å²) in [7, 11) is 2.17. The Labute approximate surface area is 120 Å². The van der Waals surface area contributed by atoms with E-state index >= 15 is 0 Å². The van der Waals surface area contributed by atoms with Crippen LogP contribution in [0.5, 0.6) is 0 Å².